The lowest BCUT2D eigenvalue weighted by molar-refractivity contribution is 0.101. The number of benzene rings is 3. The van der Waals surface area contributed by atoms with Crippen LogP contribution in [0.5, 0.6) is 5.75 Å². The highest BCUT2D eigenvalue weighted by atomic mass is 35.5. The Morgan fingerprint density at radius 2 is 1.64 bits per heavy atom. The molecule has 0 spiro atoms. The van der Waals surface area contributed by atoms with Gasteiger partial charge in [0.2, 0.25) is 0 Å². The van der Waals surface area contributed by atoms with Crippen molar-refractivity contribution in [1.82, 2.24) is 0 Å². The molecular formula is C24H18ClNO6S. The molecule has 0 aliphatic carbocycles. The molecule has 0 aliphatic rings. The number of carbonyl (C=O) groups excluding carboxylic acids is 2. The topological polar surface area (TPSA) is 93.9 Å². The summed E-state index contributed by atoms with van der Waals surface area (Å²) in [7, 11) is -4.40. The second-order valence-electron chi connectivity index (χ2n) is 7.17. The number of amides is 1. The van der Waals surface area contributed by atoms with Crippen molar-refractivity contribution in [2.75, 3.05) is 4.31 Å². The fraction of sp³-hybridized carbons (Fsp3) is 0.0833. The molecule has 0 N–H and O–H groups in total. The Bertz CT molecular complexity index is 1460. The van der Waals surface area contributed by atoms with Crippen LogP contribution in [0.4, 0.5) is 10.5 Å². The second kappa shape index (κ2) is 8.73. The van der Waals surface area contributed by atoms with Gasteiger partial charge >= 0.3 is 6.09 Å². The molecule has 0 fully saturated rings. The van der Waals surface area contributed by atoms with Gasteiger partial charge in [-0.3, -0.25) is 4.79 Å². The van der Waals surface area contributed by atoms with Crippen molar-refractivity contribution in [3.05, 3.63) is 89.1 Å². The molecule has 168 valence electrons. The summed E-state index contributed by atoms with van der Waals surface area (Å²) in [6.07, 6.45) is -1.14. The monoisotopic (exact) mass is 483 g/mol. The van der Waals surface area contributed by atoms with E-state index in [2.05, 4.69) is 0 Å². The first-order chi connectivity index (χ1) is 15.7. The van der Waals surface area contributed by atoms with E-state index in [1.807, 2.05) is 0 Å². The third kappa shape index (κ3) is 4.35. The Morgan fingerprint density at radius 1 is 0.970 bits per heavy atom. The summed E-state index contributed by atoms with van der Waals surface area (Å²) >= 11 is 5.90. The number of halogens is 1. The van der Waals surface area contributed by atoms with E-state index >= 15 is 0 Å². The van der Waals surface area contributed by atoms with Crippen molar-refractivity contribution >= 4 is 50.2 Å². The quantitative estimate of drug-likeness (QED) is 0.323. The van der Waals surface area contributed by atoms with Gasteiger partial charge in [-0.05, 0) is 68.4 Å². The third-order valence-corrected chi connectivity index (χ3v) is 6.86. The number of nitrogens with zero attached hydrogens (tertiary/aromatic N) is 1. The summed E-state index contributed by atoms with van der Waals surface area (Å²) in [6.45, 7) is 3.03. The van der Waals surface area contributed by atoms with Crippen molar-refractivity contribution in [3.63, 3.8) is 0 Å². The van der Waals surface area contributed by atoms with Crippen molar-refractivity contribution < 1.29 is 27.2 Å². The lowest BCUT2D eigenvalue weighted by atomic mass is 10.1. The minimum atomic E-state index is -4.40. The van der Waals surface area contributed by atoms with Crippen LogP contribution in [0, 0.1) is 6.92 Å². The number of aryl methyl sites for hydroxylation is 1. The van der Waals surface area contributed by atoms with Crippen molar-refractivity contribution in [1.29, 1.82) is 0 Å². The lowest BCUT2D eigenvalue weighted by Crippen LogP contribution is -2.39. The minimum absolute atomic E-state index is 0.0123. The molecule has 4 rings (SSSR count). The number of carbonyl (C=O) groups is 2. The van der Waals surface area contributed by atoms with E-state index < -0.39 is 16.1 Å². The second-order valence-corrected chi connectivity index (χ2v) is 9.40. The standard InChI is InChI=1S/C24H18ClNO6S/c1-15(27)23-16(2)31-22-13-10-18(14-21(22)23)26(24(28)32-19-6-4-3-5-7-19)33(29,30)20-11-8-17(25)9-12-20/h3-14H,1-2H3. The van der Waals surface area contributed by atoms with Gasteiger partial charge in [0.1, 0.15) is 17.1 Å². The first-order valence-electron chi connectivity index (χ1n) is 9.80. The number of furan rings is 1. The summed E-state index contributed by atoms with van der Waals surface area (Å²) in [5, 5.41) is 0.732. The zero-order valence-electron chi connectivity index (χ0n) is 17.6. The summed E-state index contributed by atoms with van der Waals surface area (Å²) in [6, 6.07) is 17.8. The Hall–Kier alpha value is -3.62. The summed E-state index contributed by atoms with van der Waals surface area (Å²) in [4.78, 5) is 25.2. The zero-order chi connectivity index (χ0) is 23.8. The number of ether oxygens (including phenoxy) is 1. The van der Waals surface area contributed by atoms with Gasteiger partial charge in [0.25, 0.3) is 10.0 Å². The molecule has 0 saturated carbocycles. The average Bonchev–Trinajstić information content (AvgIpc) is 3.10. The molecule has 7 nitrogen and oxygen atoms in total. The molecule has 1 amide bonds. The number of sulfonamides is 1. The first kappa shape index (κ1) is 22.6. The third-order valence-electron chi connectivity index (χ3n) is 4.90. The molecule has 0 aliphatic heterocycles. The van der Waals surface area contributed by atoms with Crippen LogP contribution in [-0.2, 0) is 10.0 Å². The molecule has 9 heteroatoms. The fourth-order valence-corrected chi connectivity index (χ4v) is 4.90. The number of fused-ring (bicyclic) bond motifs is 1. The number of ketones is 1. The molecule has 0 saturated heterocycles. The zero-order valence-corrected chi connectivity index (χ0v) is 19.2. The Kier molecular flexibility index (Phi) is 5.97. The van der Waals surface area contributed by atoms with E-state index in [0.29, 0.717) is 31.6 Å². The molecule has 33 heavy (non-hydrogen) atoms. The predicted molar refractivity (Wildman–Crippen MR) is 125 cm³/mol. The number of hydrogen-bond donors (Lipinski definition) is 0. The van der Waals surface area contributed by atoms with Crippen LogP contribution < -0.4 is 9.04 Å². The van der Waals surface area contributed by atoms with Crippen LogP contribution in [0.15, 0.2) is 82.1 Å². The molecule has 0 radical (unpaired) electrons. The Morgan fingerprint density at radius 3 is 2.27 bits per heavy atom. The van der Waals surface area contributed by atoms with Crippen molar-refractivity contribution in [2.24, 2.45) is 0 Å². The van der Waals surface area contributed by atoms with Gasteiger partial charge in [-0.2, -0.15) is 4.31 Å². The van der Waals surface area contributed by atoms with Gasteiger partial charge in [-0.25, -0.2) is 13.2 Å². The molecule has 0 atom stereocenters. The smallest absolute Gasteiger partial charge is 0.434 e. The van der Waals surface area contributed by atoms with Crippen LogP contribution in [0.3, 0.4) is 0 Å². The number of Topliss-reactive ketones (excluding diaryl/α,β-unsaturated/α-hetero) is 1. The highest BCUT2D eigenvalue weighted by molar-refractivity contribution is 7.93. The Balaban J connectivity index is 1.88. The van der Waals surface area contributed by atoms with E-state index in [9.17, 15) is 18.0 Å². The average molecular weight is 484 g/mol. The Labute approximate surface area is 195 Å². The van der Waals surface area contributed by atoms with E-state index in [1.165, 1.54) is 61.5 Å². The number of rotatable bonds is 5. The number of para-hydroxylation sites is 1. The molecular weight excluding hydrogens is 466 g/mol. The van der Waals surface area contributed by atoms with Gasteiger partial charge in [-0.15, -0.1) is 0 Å². The van der Waals surface area contributed by atoms with E-state index in [-0.39, 0.29) is 22.1 Å². The van der Waals surface area contributed by atoms with Gasteiger partial charge < -0.3 is 9.15 Å². The van der Waals surface area contributed by atoms with Crippen LogP contribution in [0.25, 0.3) is 11.0 Å². The van der Waals surface area contributed by atoms with Crippen LogP contribution >= 0.6 is 11.6 Å². The maximum atomic E-state index is 13.5. The first-order valence-corrected chi connectivity index (χ1v) is 11.6. The SMILES string of the molecule is CC(=O)c1c(C)oc2ccc(N(C(=O)Oc3ccccc3)S(=O)(=O)c3ccc(Cl)cc3)cc12. The maximum absolute atomic E-state index is 13.5. The largest absolute Gasteiger partial charge is 0.461 e. The van der Waals surface area contributed by atoms with Gasteiger partial charge in [0, 0.05) is 10.4 Å². The molecule has 3 aromatic carbocycles. The number of anilines is 1. The van der Waals surface area contributed by atoms with Gasteiger partial charge in [0.05, 0.1) is 16.1 Å². The fourth-order valence-electron chi connectivity index (χ4n) is 3.46. The van der Waals surface area contributed by atoms with Gasteiger partial charge in [-0.1, -0.05) is 29.8 Å². The van der Waals surface area contributed by atoms with Crippen LogP contribution in [0.1, 0.15) is 23.0 Å². The molecule has 1 aromatic heterocycles. The number of hydrogen-bond acceptors (Lipinski definition) is 6. The lowest BCUT2D eigenvalue weighted by Gasteiger charge is -2.22. The molecule has 0 unspecified atom stereocenters. The maximum Gasteiger partial charge on any atom is 0.434 e. The van der Waals surface area contributed by atoms with Crippen LogP contribution in [0.2, 0.25) is 5.02 Å². The molecule has 0 bridgehead atoms. The molecule has 4 aromatic rings. The van der Waals surface area contributed by atoms with Crippen molar-refractivity contribution in [3.8, 4) is 5.75 Å². The highest BCUT2D eigenvalue weighted by Gasteiger charge is 2.33. The predicted octanol–water partition coefficient (Wildman–Crippen LogP) is 5.99. The van der Waals surface area contributed by atoms with E-state index in [1.54, 1.807) is 25.1 Å². The summed E-state index contributed by atoms with van der Waals surface area (Å²) < 4.78 is 38.6. The van der Waals surface area contributed by atoms with E-state index in [4.69, 9.17) is 20.8 Å². The van der Waals surface area contributed by atoms with Crippen LogP contribution in [-0.4, -0.2) is 20.3 Å². The minimum Gasteiger partial charge on any atom is -0.461 e. The normalized spacial score (nSPS) is 11.4. The van der Waals surface area contributed by atoms with Crippen molar-refractivity contribution in [2.45, 2.75) is 18.7 Å². The van der Waals surface area contributed by atoms with Gasteiger partial charge in [0.15, 0.2) is 5.78 Å². The summed E-state index contributed by atoms with van der Waals surface area (Å²) in [5.41, 5.74) is 0.690. The van der Waals surface area contributed by atoms with E-state index in [0.717, 1.165) is 0 Å². The molecule has 1 heterocycles. The summed E-state index contributed by atoms with van der Waals surface area (Å²) in [5.74, 6) is 0.319. The highest BCUT2D eigenvalue weighted by Crippen LogP contribution is 2.33.